The fourth-order valence-corrected chi connectivity index (χ4v) is 2.41. The number of carbonyl (C=O) groups excluding carboxylic acids is 1. The Labute approximate surface area is 97.8 Å². The van der Waals surface area contributed by atoms with E-state index in [-0.39, 0.29) is 18.3 Å². The molecule has 1 heterocycles. The second kappa shape index (κ2) is 5.71. The van der Waals surface area contributed by atoms with Crippen molar-refractivity contribution in [2.45, 2.75) is 38.6 Å². The first-order chi connectivity index (χ1) is 6.75. The van der Waals surface area contributed by atoms with Gasteiger partial charge in [0, 0.05) is 18.5 Å². The highest BCUT2D eigenvalue weighted by atomic mass is 35.5. The van der Waals surface area contributed by atoms with Gasteiger partial charge in [0.25, 0.3) is 0 Å². The van der Waals surface area contributed by atoms with Crippen LogP contribution in [0.1, 0.15) is 32.6 Å². The molecule has 3 nitrogen and oxygen atoms in total. The summed E-state index contributed by atoms with van der Waals surface area (Å²) in [7, 11) is 0. The SMILES string of the molecule is CC1CC(C(=O)NC2CCCNC2)C1.Cl. The van der Waals surface area contributed by atoms with E-state index in [1.54, 1.807) is 0 Å². The molecular weight excluding hydrogens is 212 g/mol. The topological polar surface area (TPSA) is 41.1 Å². The summed E-state index contributed by atoms with van der Waals surface area (Å²) in [5.41, 5.74) is 0. The van der Waals surface area contributed by atoms with E-state index in [4.69, 9.17) is 0 Å². The molecule has 1 atom stereocenters. The van der Waals surface area contributed by atoms with Crippen molar-refractivity contribution in [3.05, 3.63) is 0 Å². The van der Waals surface area contributed by atoms with Crippen molar-refractivity contribution in [2.75, 3.05) is 13.1 Å². The molecule has 1 aliphatic carbocycles. The third-order valence-corrected chi connectivity index (χ3v) is 3.39. The van der Waals surface area contributed by atoms with Gasteiger partial charge in [-0.2, -0.15) is 0 Å². The highest BCUT2D eigenvalue weighted by Crippen LogP contribution is 2.33. The van der Waals surface area contributed by atoms with Gasteiger partial charge in [-0.3, -0.25) is 4.79 Å². The molecule has 4 heteroatoms. The van der Waals surface area contributed by atoms with Crippen molar-refractivity contribution in [1.29, 1.82) is 0 Å². The van der Waals surface area contributed by atoms with Gasteiger partial charge in [0.15, 0.2) is 0 Å². The van der Waals surface area contributed by atoms with Gasteiger partial charge in [0.1, 0.15) is 0 Å². The Morgan fingerprint density at radius 1 is 1.40 bits per heavy atom. The molecule has 88 valence electrons. The monoisotopic (exact) mass is 232 g/mol. The van der Waals surface area contributed by atoms with Crippen molar-refractivity contribution >= 4 is 18.3 Å². The minimum absolute atomic E-state index is 0. The first-order valence-corrected chi connectivity index (χ1v) is 5.77. The molecule has 2 rings (SSSR count). The van der Waals surface area contributed by atoms with Crippen molar-refractivity contribution in [1.82, 2.24) is 10.6 Å². The Morgan fingerprint density at radius 3 is 2.67 bits per heavy atom. The van der Waals surface area contributed by atoms with E-state index < -0.39 is 0 Å². The molecule has 15 heavy (non-hydrogen) atoms. The van der Waals surface area contributed by atoms with Crippen LogP contribution in [0.25, 0.3) is 0 Å². The lowest BCUT2D eigenvalue weighted by atomic mass is 9.75. The summed E-state index contributed by atoms with van der Waals surface area (Å²) in [5.74, 6) is 1.36. The van der Waals surface area contributed by atoms with E-state index in [1.807, 2.05) is 0 Å². The molecule has 1 unspecified atom stereocenters. The average Bonchev–Trinajstić information content (AvgIpc) is 2.14. The Bertz CT molecular complexity index is 211. The van der Waals surface area contributed by atoms with Gasteiger partial charge in [-0.1, -0.05) is 6.92 Å². The standard InChI is InChI=1S/C11H20N2O.ClH/c1-8-5-9(6-8)11(14)13-10-3-2-4-12-7-10;/h8-10,12H,2-7H2,1H3,(H,13,14);1H. The van der Waals surface area contributed by atoms with Crippen LogP contribution in [0.3, 0.4) is 0 Å². The number of nitrogens with one attached hydrogen (secondary N) is 2. The molecule has 0 aromatic heterocycles. The number of amides is 1. The van der Waals surface area contributed by atoms with E-state index >= 15 is 0 Å². The van der Waals surface area contributed by atoms with Crippen molar-refractivity contribution in [3.63, 3.8) is 0 Å². The normalized spacial score (nSPS) is 34.9. The summed E-state index contributed by atoms with van der Waals surface area (Å²) in [6, 6.07) is 0.382. The van der Waals surface area contributed by atoms with E-state index in [9.17, 15) is 4.79 Å². The average molecular weight is 233 g/mol. The fraction of sp³-hybridized carbons (Fsp3) is 0.909. The molecule has 1 saturated heterocycles. The van der Waals surface area contributed by atoms with Gasteiger partial charge < -0.3 is 10.6 Å². The molecule has 1 aliphatic heterocycles. The van der Waals surface area contributed by atoms with Gasteiger partial charge >= 0.3 is 0 Å². The van der Waals surface area contributed by atoms with Crippen LogP contribution in [0.15, 0.2) is 0 Å². The first-order valence-electron chi connectivity index (χ1n) is 5.77. The van der Waals surface area contributed by atoms with Gasteiger partial charge in [-0.15, -0.1) is 12.4 Å². The van der Waals surface area contributed by atoms with Crippen LogP contribution in [0.4, 0.5) is 0 Å². The smallest absolute Gasteiger partial charge is 0.223 e. The number of rotatable bonds is 2. The molecule has 2 N–H and O–H groups in total. The van der Waals surface area contributed by atoms with Gasteiger partial charge in [0.05, 0.1) is 0 Å². The molecule has 0 spiro atoms. The highest BCUT2D eigenvalue weighted by Gasteiger charge is 2.32. The van der Waals surface area contributed by atoms with Crippen molar-refractivity contribution in [3.8, 4) is 0 Å². The van der Waals surface area contributed by atoms with Crippen LogP contribution in [-0.4, -0.2) is 25.0 Å². The number of hydrogen-bond acceptors (Lipinski definition) is 2. The molecule has 1 saturated carbocycles. The third kappa shape index (κ3) is 3.35. The Morgan fingerprint density at radius 2 is 2.13 bits per heavy atom. The van der Waals surface area contributed by atoms with Crippen LogP contribution in [0.5, 0.6) is 0 Å². The second-order valence-electron chi connectivity index (χ2n) is 4.83. The molecular formula is C11H21ClN2O. The highest BCUT2D eigenvalue weighted by molar-refractivity contribution is 5.85. The molecule has 2 fully saturated rings. The summed E-state index contributed by atoms with van der Waals surface area (Å²) in [5, 5.41) is 6.45. The maximum atomic E-state index is 11.7. The summed E-state index contributed by atoms with van der Waals surface area (Å²) in [4.78, 5) is 11.7. The summed E-state index contributed by atoms with van der Waals surface area (Å²) >= 11 is 0. The van der Waals surface area contributed by atoms with Crippen molar-refractivity contribution in [2.24, 2.45) is 11.8 Å². The summed E-state index contributed by atoms with van der Waals surface area (Å²) in [6.07, 6.45) is 4.50. The number of piperidine rings is 1. The van der Waals surface area contributed by atoms with E-state index in [1.165, 1.54) is 6.42 Å². The Hall–Kier alpha value is -0.280. The van der Waals surface area contributed by atoms with Crippen LogP contribution >= 0.6 is 12.4 Å². The molecule has 0 aromatic rings. The van der Waals surface area contributed by atoms with Gasteiger partial charge in [-0.05, 0) is 38.1 Å². The fourth-order valence-electron chi connectivity index (χ4n) is 2.41. The van der Waals surface area contributed by atoms with Crippen LogP contribution < -0.4 is 10.6 Å². The predicted octanol–water partition coefficient (Wildman–Crippen LogP) is 1.32. The molecule has 2 aliphatic rings. The summed E-state index contributed by atoms with van der Waals surface area (Å²) < 4.78 is 0. The number of hydrogen-bond donors (Lipinski definition) is 2. The minimum atomic E-state index is 0. The molecule has 0 radical (unpaired) electrons. The minimum Gasteiger partial charge on any atom is -0.352 e. The van der Waals surface area contributed by atoms with Gasteiger partial charge in [-0.25, -0.2) is 0 Å². The zero-order valence-corrected chi connectivity index (χ0v) is 10.1. The largest absolute Gasteiger partial charge is 0.352 e. The van der Waals surface area contributed by atoms with Gasteiger partial charge in [0.2, 0.25) is 5.91 Å². The molecule has 1 amide bonds. The van der Waals surface area contributed by atoms with E-state index in [0.717, 1.165) is 38.3 Å². The van der Waals surface area contributed by atoms with Crippen LogP contribution in [0, 0.1) is 11.8 Å². The predicted molar refractivity (Wildman–Crippen MR) is 63.2 cm³/mol. The Kier molecular flexibility index (Phi) is 4.87. The lowest BCUT2D eigenvalue weighted by Crippen LogP contribution is -2.49. The first kappa shape index (κ1) is 12.8. The zero-order chi connectivity index (χ0) is 9.97. The number of carbonyl (C=O) groups is 1. The van der Waals surface area contributed by atoms with Crippen molar-refractivity contribution < 1.29 is 4.79 Å². The molecule has 0 aromatic carbocycles. The summed E-state index contributed by atoms with van der Waals surface area (Å²) in [6.45, 7) is 4.27. The second-order valence-corrected chi connectivity index (χ2v) is 4.83. The lowest BCUT2D eigenvalue weighted by Gasteiger charge is -2.33. The van der Waals surface area contributed by atoms with E-state index in [0.29, 0.717) is 12.0 Å². The Balaban J connectivity index is 0.00000112. The van der Waals surface area contributed by atoms with Crippen LogP contribution in [0.2, 0.25) is 0 Å². The van der Waals surface area contributed by atoms with Crippen LogP contribution in [-0.2, 0) is 4.79 Å². The third-order valence-electron chi connectivity index (χ3n) is 3.39. The quantitative estimate of drug-likeness (QED) is 0.754. The maximum absolute atomic E-state index is 11.7. The lowest BCUT2D eigenvalue weighted by molar-refractivity contribution is -0.129. The number of halogens is 1. The zero-order valence-electron chi connectivity index (χ0n) is 9.29. The van der Waals surface area contributed by atoms with E-state index in [2.05, 4.69) is 17.6 Å². The maximum Gasteiger partial charge on any atom is 0.223 e. The molecule has 0 bridgehead atoms.